The summed E-state index contributed by atoms with van der Waals surface area (Å²) in [5, 5.41) is 3.90. The third-order valence-electron chi connectivity index (χ3n) is 3.71. The summed E-state index contributed by atoms with van der Waals surface area (Å²) in [5.41, 5.74) is 2.19. The zero-order valence-electron chi connectivity index (χ0n) is 13.6. The molecule has 0 fully saturated rings. The van der Waals surface area contributed by atoms with Gasteiger partial charge in [0.25, 0.3) is 5.91 Å². The van der Waals surface area contributed by atoms with Crippen LogP contribution in [0.5, 0.6) is 5.75 Å². The van der Waals surface area contributed by atoms with E-state index in [9.17, 15) is 4.79 Å². The maximum absolute atomic E-state index is 12.5. The smallest absolute Gasteiger partial charge is 0.276 e. The molecule has 122 valence electrons. The fourth-order valence-corrected chi connectivity index (χ4v) is 2.39. The van der Waals surface area contributed by atoms with Gasteiger partial charge in [0, 0.05) is 25.2 Å². The number of hydrogen-bond donors (Lipinski definition) is 0. The molecule has 0 spiro atoms. The van der Waals surface area contributed by atoms with Gasteiger partial charge < -0.3 is 14.2 Å². The Morgan fingerprint density at radius 1 is 1.12 bits per heavy atom. The van der Waals surface area contributed by atoms with E-state index in [1.54, 1.807) is 25.1 Å². The minimum Gasteiger partial charge on any atom is -0.497 e. The number of carbonyl (C=O) groups excluding carboxylic acids is 1. The van der Waals surface area contributed by atoms with Crippen molar-refractivity contribution in [2.24, 2.45) is 0 Å². The lowest BCUT2D eigenvalue weighted by molar-refractivity contribution is 0.0775. The zero-order valence-corrected chi connectivity index (χ0v) is 13.6. The minimum absolute atomic E-state index is 0.178. The molecular formula is C19H18N2O3. The molecule has 1 aromatic heterocycles. The Morgan fingerprint density at radius 3 is 2.50 bits per heavy atom. The van der Waals surface area contributed by atoms with Crippen LogP contribution in [-0.4, -0.2) is 30.1 Å². The predicted octanol–water partition coefficient (Wildman–Crippen LogP) is 3.62. The summed E-state index contributed by atoms with van der Waals surface area (Å²) in [6.45, 7) is 0.518. The van der Waals surface area contributed by atoms with Crippen LogP contribution in [0.3, 0.4) is 0 Å². The molecule has 3 rings (SSSR count). The van der Waals surface area contributed by atoms with Crippen molar-refractivity contribution in [3.8, 4) is 17.1 Å². The van der Waals surface area contributed by atoms with Crippen LogP contribution in [0.15, 0.2) is 65.2 Å². The summed E-state index contributed by atoms with van der Waals surface area (Å²) in [4.78, 5) is 14.1. The molecule has 1 heterocycles. The Morgan fingerprint density at radius 2 is 1.83 bits per heavy atom. The van der Waals surface area contributed by atoms with Crippen molar-refractivity contribution in [3.63, 3.8) is 0 Å². The van der Waals surface area contributed by atoms with E-state index >= 15 is 0 Å². The summed E-state index contributed by atoms with van der Waals surface area (Å²) < 4.78 is 10.4. The van der Waals surface area contributed by atoms with Gasteiger partial charge in [0.1, 0.15) is 5.75 Å². The number of benzene rings is 2. The highest BCUT2D eigenvalue weighted by Gasteiger charge is 2.17. The molecule has 0 atom stereocenters. The number of ether oxygens (including phenoxy) is 1. The molecule has 24 heavy (non-hydrogen) atoms. The second-order valence-electron chi connectivity index (χ2n) is 5.45. The van der Waals surface area contributed by atoms with Crippen molar-refractivity contribution in [1.82, 2.24) is 10.1 Å². The Hall–Kier alpha value is -3.08. The SMILES string of the molecule is COc1ccc(-c2cc(C(=O)N(C)Cc3ccccc3)no2)cc1. The van der Waals surface area contributed by atoms with Gasteiger partial charge in [-0.2, -0.15) is 0 Å². The molecule has 0 N–H and O–H groups in total. The first-order chi connectivity index (χ1) is 11.7. The topological polar surface area (TPSA) is 55.6 Å². The van der Waals surface area contributed by atoms with E-state index < -0.39 is 0 Å². The Bertz CT molecular complexity index is 810. The van der Waals surface area contributed by atoms with Crippen molar-refractivity contribution in [3.05, 3.63) is 71.9 Å². The maximum atomic E-state index is 12.5. The van der Waals surface area contributed by atoms with Crippen LogP contribution >= 0.6 is 0 Å². The molecule has 0 aliphatic heterocycles. The molecule has 1 amide bonds. The average molecular weight is 322 g/mol. The molecule has 5 heteroatoms. The average Bonchev–Trinajstić information content (AvgIpc) is 3.12. The van der Waals surface area contributed by atoms with Gasteiger partial charge in [-0.05, 0) is 29.8 Å². The second-order valence-corrected chi connectivity index (χ2v) is 5.45. The van der Waals surface area contributed by atoms with Gasteiger partial charge in [0.15, 0.2) is 11.5 Å². The number of hydrogen-bond acceptors (Lipinski definition) is 4. The van der Waals surface area contributed by atoms with Crippen LogP contribution in [0.2, 0.25) is 0 Å². The number of aromatic nitrogens is 1. The van der Waals surface area contributed by atoms with Gasteiger partial charge in [-0.25, -0.2) is 0 Å². The Labute approximate surface area is 140 Å². The largest absolute Gasteiger partial charge is 0.497 e. The third-order valence-corrected chi connectivity index (χ3v) is 3.71. The molecule has 0 saturated heterocycles. The summed E-state index contributed by atoms with van der Waals surface area (Å²) in [7, 11) is 3.36. The molecule has 0 bridgehead atoms. The summed E-state index contributed by atoms with van der Waals surface area (Å²) >= 11 is 0. The number of rotatable bonds is 5. The monoisotopic (exact) mass is 322 g/mol. The van der Waals surface area contributed by atoms with E-state index in [1.807, 2.05) is 54.6 Å². The van der Waals surface area contributed by atoms with Crippen LogP contribution in [0.25, 0.3) is 11.3 Å². The molecule has 0 saturated carbocycles. The van der Waals surface area contributed by atoms with E-state index in [-0.39, 0.29) is 5.91 Å². The van der Waals surface area contributed by atoms with E-state index in [0.717, 1.165) is 16.9 Å². The standard InChI is InChI=1S/C19H18N2O3/c1-21(13-14-6-4-3-5-7-14)19(22)17-12-18(24-20-17)15-8-10-16(23-2)11-9-15/h3-12H,13H2,1-2H3. The highest BCUT2D eigenvalue weighted by Crippen LogP contribution is 2.23. The van der Waals surface area contributed by atoms with E-state index in [2.05, 4.69) is 5.16 Å². The lowest BCUT2D eigenvalue weighted by Crippen LogP contribution is -2.26. The fourth-order valence-electron chi connectivity index (χ4n) is 2.39. The Kier molecular flexibility index (Phi) is 4.61. The van der Waals surface area contributed by atoms with E-state index in [0.29, 0.717) is 18.0 Å². The Balaban J connectivity index is 1.73. The second kappa shape index (κ2) is 7.00. The predicted molar refractivity (Wildman–Crippen MR) is 90.7 cm³/mol. The van der Waals surface area contributed by atoms with Crippen molar-refractivity contribution in [1.29, 1.82) is 0 Å². The normalized spacial score (nSPS) is 10.4. The van der Waals surface area contributed by atoms with Gasteiger partial charge in [-0.1, -0.05) is 35.5 Å². The van der Waals surface area contributed by atoms with Gasteiger partial charge in [-0.15, -0.1) is 0 Å². The zero-order chi connectivity index (χ0) is 16.9. The summed E-state index contributed by atoms with van der Waals surface area (Å²) in [5.74, 6) is 1.13. The lowest BCUT2D eigenvalue weighted by atomic mass is 10.1. The number of nitrogens with zero attached hydrogens (tertiary/aromatic N) is 2. The summed E-state index contributed by atoms with van der Waals surface area (Å²) in [6, 6.07) is 18.9. The van der Waals surface area contributed by atoms with Crippen molar-refractivity contribution < 1.29 is 14.1 Å². The lowest BCUT2D eigenvalue weighted by Gasteiger charge is -2.15. The van der Waals surface area contributed by atoms with Gasteiger partial charge in [-0.3, -0.25) is 4.79 Å². The first-order valence-electron chi connectivity index (χ1n) is 7.58. The van der Waals surface area contributed by atoms with Crippen LogP contribution < -0.4 is 4.74 Å². The molecule has 0 unspecified atom stereocenters. The number of carbonyl (C=O) groups is 1. The molecule has 0 aliphatic carbocycles. The molecule has 0 radical (unpaired) electrons. The van der Waals surface area contributed by atoms with Crippen LogP contribution in [-0.2, 0) is 6.54 Å². The highest BCUT2D eigenvalue weighted by molar-refractivity contribution is 5.92. The quantitative estimate of drug-likeness (QED) is 0.720. The minimum atomic E-state index is -0.178. The fraction of sp³-hybridized carbons (Fsp3) is 0.158. The van der Waals surface area contributed by atoms with Gasteiger partial charge in [0.2, 0.25) is 0 Å². The maximum Gasteiger partial charge on any atom is 0.276 e. The third kappa shape index (κ3) is 3.46. The first kappa shape index (κ1) is 15.8. The molecule has 0 aliphatic rings. The number of methoxy groups -OCH3 is 1. The summed E-state index contributed by atoms with van der Waals surface area (Å²) in [6.07, 6.45) is 0. The first-order valence-corrected chi connectivity index (χ1v) is 7.58. The highest BCUT2D eigenvalue weighted by atomic mass is 16.5. The van der Waals surface area contributed by atoms with Crippen molar-refractivity contribution >= 4 is 5.91 Å². The number of amides is 1. The van der Waals surface area contributed by atoms with E-state index in [1.165, 1.54) is 0 Å². The van der Waals surface area contributed by atoms with Crippen molar-refractivity contribution in [2.45, 2.75) is 6.54 Å². The van der Waals surface area contributed by atoms with Gasteiger partial charge >= 0.3 is 0 Å². The van der Waals surface area contributed by atoms with Gasteiger partial charge in [0.05, 0.1) is 7.11 Å². The molecule has 3 aromatic rings. The van der Waals surface area contributed by atoms with E-state index in [4.69, 9.17) is 9.26 Å². The molecule has 5 nitrogen and oxygen atoms in total. The van der Waals surface area contributed by atoms with Crippen LogP contribution in [0.1, 0.15) is 16.1 Å². The van der Waals surface area contributed by atoms with Crippen LogP contribution in [0.4, 0.5) is 0 Å². The molecular weight excluding hydrogens is 304 g/mol. The van der Waals surface area contributed by atoms with Crippen LogP contribution in [0, 0.1) is 0 Å². The van der Waals surface area contributed by atoms with Crippen molar-refractivity contribution in [2.75, 3.05) is 14.2 Å². The molecule has 2 aromatic carbocycles.